The molecule has 0 radical (unpaired) electrons. The molecule has 1 aromatic rings. The Balaban J connectivity index is 2.23. The van der Waals surface area contributed by atoms with Crippen LogP contribution in [0.3, 0.4) is 0 Å². The summed E-state index contributed by atoms with van der Waals surface area (Å²) < 4.78 is 5.92. The Bertz CT molecular complexity index is 393. The van der Waals surface area contributed by atoms with Gasteiger partial charge in [0.2, 0.25) is 0 Å². The van der Waals surface area contributed by atoms with Gasteiger partial charge < -0.3 is 10.1 Å². The minimum absolute atomic E-state index is 0.240. The molecule has 2 N–H and O–H groups in total. The lowest BCUT2D eigenvalue weighted by molar-refractivity contribution is 0.132. The Morgan fingerprint density at radius 3 is 3.00 bits per heavy atom. The van der Waals surface area contributed by atoms with Gasteiger partial charge in [0.1, 0.15) is 4.47 Å². The van der Waals surface area contributed by atoms with E-state index in [0.29, 0.717) is 29.2 Å². The first-order valence-corrected chi connectivity index (χ1v) is 6.45. The maximum absolute atomic E-state index is 11.2. The molecule has 0 aliphatic rings. The van der Waals surface area contributed by atoms with Crippen molar-refractivity contribution in [1.29, 1.82) is 0 Å². The van der Waals surface area contributed by atoms with Gasteiger partial charge in [-0.05, 0) is 28.3 Å². The molecule has 0 aliphatic heterocycles. The van der Waals surface area contributed by atoms with Crippen LogP contribution in [0.25, 0.3) is 0 Å². The van der Waals surface area contributed by atoms with E-state index in [0.717, 1.165) is 13.0 Å². The highest BCUT2D eigenvalue weighted by Gasteiger charge is 2.02. The van der Waals surface area contributed by atoms with Crippen LogP contribution in [0.2, 0.25) is 0 Å². The van der Waals surface area contributed by atoms with E-state index in [-0.39, 0.29) is 5.56 Å². The fourth-order valence-electron chi connectivity index (χ4n) is 1.19. The van der Waals surface area contributed by atoms with E-state index in [1.807, 2.05) is 0 Å². The standard InChI is InChI=1S/C11H18BrN3O2/c1-8(2)3-5-17-6-4-13-9-7-14-15-11(16)10(9)12/h7-8H,3-6H2,1-2H3,(H2,13,15,16). The first-order valence-electron chi connectivity index (χ1n) is 5.66. The van der Waals surface area contributed by atoms with Gasteiger partial charge in [-0.3, -0.25) is 4.79 Å². The van der Waals surface area contributed by atoms with Crippen LogP contribution in [-0.2, 0) is 4.74 Å². The molecule has 0 aliphatic carbocycles. The summed E-state index contributed by atoms with van der Waals surface area (Å²) >= 11 is 3.20. The van der Waals surface area contributed by atoms with E-state index < -0.39 is 0 Å². The number of nitrogens with one attached hydrogen (secondary N) is 2. The van der Waals surface area contributed by atoms with E-state index in [1.54, 1.807) is 6.20 Å². The molecule has 6 heteroatoms. The van der Waals surface area contributed by atoms with Gasteiger partial charge >= 0.3 is 0 Å². The Morgan fingerprint density at radius 2 is 2.29 bits per heavy atom. The van der Waals surface area contributed by atoms with Crippen molar-refractivity contribution in [3.05, 3.63) is 21.0 Å². The van der Waals surface area contributed by atoms with Crippen LogP contribution in [0.4, 0.5) is 5.69 Å². The summed E-state index contributed by atoms with van der Waals surface area (Å²) in [6.07, 6.45) is 2.63. The van der Waals surface area contributed by atoms with Gasteiger partial charge in [-0.1, -0.05) is 13.8 Å². The highest BCUT2D eigenvalue weighted by atomic mass is 79.9. The second-order valence-corrected chi connectivity index (χ2v) is 4.94. The fourth-order valence-corrected chi connectivity index (χ4v) is 1.52. The zero-order valence-electron chi connectivity index (χ0n) is 10.1. The topological polar surface area (TPSA) is 67.0 Å². The molecule has 0 saturated carbocycles. The zero-order chi connectivity index (χ0) is 12.7. The molecular formula is C11H18BrN3O2. The molecule has 1 heterocycles. The smallest absolute Gasteiger partial charge is 0.280 e. The van der Waals surface area contributed by atoms with E-state index in [4.69, 9.17) is 4.74 Å². The van der Waals surface area contributed by atoms with Crippen LogP contribution in [-0.4, -0.2) is 30.0 Å². The van der Waals surface area contributed by atoms with Crippen molar-refractivity contribution in [2.45, 2.75) is 20.3 Å². The van der Waals surface area contributed by atoms with Crippen molar-refractivity contribution in [2.24, 2.45) is 5.92 Å². The average molecular weight is 304 g/mol. The Hall–Kier alpha value is -0.880. The molecule has 96 valence electrons. The molecule has 0 aromatic carbocycles. The molecular weight excluding hydrogens is 286 g/mol. The lowest BCUT2D eigenvalue weighted by Gasteiger charge is -2.08. The molecule has 0 spiro atoms. The monoisotopic (exact) mass is 303 g/mol. The number of hydrogen-bond acceptors (Lipinski definition) is 4. The third-order valence-corrected chi connectivity index (χ3v) is 2.98. The van der Waals surface area contributed by atoms with Crippen molar-refractivity contribution in [2.75, 3.05) is 25.1 Å². The van der Waals surface area contributed by atoms with E-state index in [1.165, 1.54) is 0 Å². The summed E-state index contributed by atoms with van der Waals surface area (Å²) in [7, 11) is 0. The number of hydrogen-bond donors (Lipinski definition) is 2. The molecule has 0 bridgehead atoms. The van der Waals surface area contributed by atoms with Crippen molar-refractivity contribution >= 4 is 21.6 Å². The molecule has 0 amide bonds. The average Bonchev–Trinajstić information content (AvgIpc) is 2.28. The number of rotatable bonds is 7. The molecule has 1 rings (SSSR count). The Kier molecular flexibility index (Phi) is 6.21. The van der Waals surface area contributed by atoms with Crippen molar-refractivity contribution in [1.82, 2.24) is 10.2 Å². The van der Waals surface area contributed by atoms with Crippen molar-refractivity contribution in [3.63, 3.8) is 0 Å². The van der Waals surface area contributed by atoms with E-state index in [9.17, 15) is 4.79 Å². The minimum Gasteiger partial charge on any atom is -0.380 e. The number of ether oxygens (including phenoxy) is 1. The van der Waals surface area contributed by atoms with Crippen LogP contribution in [0.1, 0.15) is 20.3 Å². The second-order valence-electron chi connectivity index (χ2n) is 4.15. The summed E-state index contributed by atoms with van der Waals surface area (Å²) in [6, 6.07) is 0. The maximum atomic E-state index is 11.2. The lowest BCUT2D eigenvalue weighted by Crippen LogP contribution is -2.15. The second kappa shape index (κ2) is 7.45. The summed E-state index contributed by atoms with van der Waals surface area (Å²) in [5, 5.41) is 9.14. The quantitative estimate of drug-likeness (QED) is 0.756. The summed E-state index contributed by atoms with van der Waals surface area (Å²) in [5.74, 6) is 0.661. The van der Waals surface area contributed by atoms with Crippen LogP contribution in [0, 0.1) is 5.92 Å². The third kappa shape index (κ3) is 5.32. The molecule has 17 heavy (non-hydrogen) atoms. The molecule has 0 fully saturated rings. The van der Waals surface area contributed by atoms with Crippen LogP contribution in [0.5, 0.6) is 0 Å². The van der Waals surface area contributed by atoms with Gasteiger partial charge in [-0.25, -0.2) is 5.10 Å². The van der Waals surface area contributed by atoms with Crippen LogP contribution >= 0.6 is 15.9 Å². The van der Waals surface area contributed by atoms with E-state index in [2.05, 4.69) is 45.3 Å². The summed E-state index contributed by atoms with van der Waals surface area (Å²) in [4.78, 5) is 11.2. The zero-order valence-corrected chi connectivity index (χ0v) is 11.7. The molecule has 0 unspecified atom stereocenters. The van der Waals surface area contributed by atoms with Crippen molar-refractivity contribution in [3.8, 4) is 0 Å². The van der Waals surface area contributed by atoms with Gasteiger partial charge in [-0.15, -0.1) is 0 Å². The van der Waals surface area contributed by atoms with Crippen LogP contribution < -0.4 is 10.9 Å². The van der Waals surface area contributed by atoms with Gasteiger partial charge in [0.15, 0.2) is 0 Å². The first-order chi connectivity index (χ1) is 8.11. The number of aromatic amines is 1. The number of aromatic nitrogens is 2. The van der Waals surface area contributed by atoms with Crippen molar-refractivity contribution < 1.29 is 4.74 Å². The molecule has 0 saturated heterocycles. The van der Waals surface area contributed by atoms with Gasteiger partial charge in [0.05, 0.1) is 18.5 Å². The maximum Gasteiger partial charge on any atom is 0.280 e. The Morgan fingerprint density at radius 1 is 1.53 bits per heavy atom. The Labute approximate surface area is 109 Å². The normalized spacial score (nSPS) is 10.8. The SMILES string of the molecule is CC(C)CCOCCNc1cn[nH]c(=O)c1Br. The number of anilines is 1. The highest BCUT2D eigenvalue weighted by molar-refractivity contribution is 9.10. The number of halogens is 1. The summed E-state index contributed by atoms with van der Waals surface area (Å²) in [6.45, 7) is 6.38. The number of nitrogens with zero attached hydrogens (tertiary/aromatic N) is 1. The third-order valence-electron chi connectivity index (χ3n) is 2.20. The molecule has 0 atom stereocenters. The fraction of sp³-hybridized carbons (Fsp3) is 0.636. The molecule has 1 aromatic heterocycles. The molecule has 5 nitrogen and oxygen atoms in total. The predicted molar refractivity (Wildman–Crippen MR) is 71.3 cm³/mol. The van der Waals surface area contributed by atoms with Gasteiger partial charge in [-0.2, -0.15) is 5.10 Å². The van der Waals surface area contributed by atoms with Gasteiger partial charge in [0, 0.05) is 13.2 Å². The highest BCUT2D eigenvalue weighted by Crippen LogP contribution is 2.14. The van der Waals surface area contributed by atoms with Gasteiger partial charge in [0.25, 0.3) is 5.56 Å². The predicted octanol–water partition coefficient (Wildman–Crippen LogP) is 2.01. The number of H-pyrrole nitrogens is 1. The van der Waals surface area contributed by atoms with E-state index >= 15 is 0 Å². The largest absolute Gasteiger partial charge is 0.380 e. The first kappa shape index (κ1) is 14.2. The van der Waals surface area contributed by atoms with Crippen LogP contribution in [0.15, 0.2) is 15.5 Å². The lowest BCUT2D eigenvalue weighted by atomic mass is 10.1. The summed E-state index contributed by atoms with van der Waals surface area (Å²) in [5.41, 5.74) is 0.442. The minimum atomic E-state index is -0.240.